The van der Waals surface area contributed by atoms with Crippen LogP contribution in [0.25, 0.3) is 0 Å². The first-order valence-electron chi connectivity index (χ1n) is 6.60. The van der Waals surface area contributed by atoms with Gasteiger partial charge in [0.2, 0.25) is 0 Å². The summed E-state index contributed by atoms with van der Waals surface area (Å²) in [5.41, 5.74) is 0. The maximum Gasteiger partial charge on any atom is 0.318 e. The molecular formula is C13H20ClN3O. The number of hydrogen-bond acceptors (Lipinski definition) is 4. The lowest BCUT2D eigenvalue weighted by Crippen LogP contribution is -2.13. The van der Waals surface area contributed by atoms with Gasteiger partial charge in [-0.25, -0.2) is 4.98 Å². The number of halogens is 1. The Labute approximate surface area is 113 Å². The third-order valence-electron chi connectivity index (χ3n) is 3.47. The maximum atomic E-state index is 6.03. The Morgan fingerprint density at radius 3 is 2.89 bits per heavy atom. The lowest BCUT2D eigenvalue weighted by Gasteiger charge is -2.21. The average molecular weight is 270 g/mol. The Balaban J connectivity index is 1.81. The van der Waals surface area contributed by atoms with Crippen LogP contribution in [0, 0.1) is 5.92 Å². The minimum absolute atomic E-state index is 0.347. The van der Waals surface area contributed by atoms with Gasteiger partial charge in [-0.3, -0.25) is 0 Å². The molecule has 1 N–H and O–H groups in total. The van der Waals surface area contributed by atoms with Crippen LogP contribution in [0.5, 0.6) is 6.01 Å². The van der Waals surface area contributed by atoms with E-state index >= 15 is 0 Å². The van der Waals surface area contributed by atoms with E-state index < -0.39 is 0 Å². The predicted molar refractivity (Wildman–Crippen MR) is 73.3 cm³/mol. The standard InChI is InChI=1S/C13H20ClN3O/c1-18-13-16-9-11(14)12(17-13)15-8-7-10-5-3-2-4-6-10/h9-10H,2-8H2,1H3,(H,15,16,17). The quantitative estimate of drug-likeness (QED) is 0.888. The molecule has 1 aliphatic rings. The van der Waals surface area contributed by atoms with Crippen LogP contribution in [0.3, 0.4) is 0 Å². The van der Waals surface area contributed by atoms with Gasteiger partial charge in [-0.1, -0.05) is 43.7 Å². The smallest absolute Gasteiger partial charge is 0.318 e. The van der Waals surface area contributed by atoms with E-state index in [4.69, 9.17) is 16.3 Å². The van der Waals surface area contributed by atoms with Gasteiger partial charge in [-0.15, -0.1) is 0 Å². The third-order valence-corrected chi connectivity index (χ3v) is 3.75. The minimum Gasteiger partial charge on any atom is -0.467 e. The van der Waals surface area contributed by atoms with Crippen LogP contribution in [-0.4, -0.2) is 23.6 Å². The molecule has 5 heteroatoms. The molecular weight excluding hydrogens is 250 g/mol. The number of nitrogens with one attached hydrogen (secondary N) is 1. The first-order valence-corrected chi connectivity index (χ1v) is 6.98. The molecule has 4 nitrogen and oxygen atoms in total. The predicted octanol–water partition coefficient (Wildman–Crippen LogP) is 3.52. The van der Waals surface area contributed by atoms with Gasteiger partial charge in [0.15, 0.2) is 5.82 Å². The monoisotopic (exact) mass is 269 g/mol. The molecule has 0 unspecified atom stereocenters. The number of methoxy groups -OCH3 is 1. The molecule has 1 aliphatic carbocycles. The van der Waals surface area contributed by atoms with Crippen LogP contribution < -0.4 is 10.1 Å². The third kappa shape index (κ3) is 3.73. The van der Waals surface area contributed by atoms with Crippen molar-refractivity contribution in [2.45, 2.75) is 38.5 Å². The van der Waals surface area contributed by atoms with Crippen LogP contribution in [0.15, 0.2) is 6.20 Å². The van der Waals surface area contributed by atoms with Crippen molar-refractivity contribution in [3.05, 3.63) is 11.2 Å². The first kappa shape index (κ1) is 13.4. The molecule has 1 aromatic heterocycles. The summed E-state index contributed by atoms with van der Waals surface area (Å²) in [6, 6.07) is 0.347. The Hall–Kier alpha value is -1.03. The van der Waals surface area contributed by atoms with Crippen LogP contribution >= 0.6 is 11.6 Å². The zero-order chi connectivity index (χ0) is 12.8. The largest absolute Gasteiger partial charge is 0.467 e. The lowest BCUT2D eigenvalue weighted by atomic mass is 9.87. The molecule has 18 heavy (non-hydrogen) atoms. The average Bonchev–Trinajstić information content (AvgIpc) is 2.42. The highest BCUT2D eigenvalue weighted by molar-refractivity contribution is 6.32. The molecule has 1 fully saturated rings. The van der Waals surface area contributed by atoms with Crippen molar-refractivity contribution < 1.29 is 4.74 Å². The summed E-state index contributed by atoms with van der Waals surface area (Å²) in [6.45, 7) is 0.907. The molecule has 0 atom stereocenters. The summed E-state index contributed by atoms with van der Waals surface area (Å²) in [7, 11) is 1.55. The molecule has 1 aromatic rings. The Bertz CT molecular complexity index is 380. The lowest BCUT2D eigenvalue weighted by molar-refractivity contribution is 0.345. The van der Waals surface area contributed by atoms with Gasteiger partial charge in [0.05, 0.1) is 13.3 Å². The number of anilines is 1. The summed E-state index contributed by atoms with van der Waals surface area (Å²) in [6.07, 6.45) is 9.64. The van der Waals surface area contributed by atoms with E-state index in [1.54, 1.807) is 13.3 Å². The maximum absolute atomic E-state index is 6.03. The molecule has 1 heterocycles. The van der Waals surface area contributed by atoms with E-state index in [2.05, 4.69) is 15.3 Å². The van der Waals surface area contributed by atoms with E-state index in [9.17, 15) is 0 Å². The summed E-state index contributed by atoms with van der Waals surface area (Å²) in [5, 5.41) is 3.81. The number of nitrogens with zero attached hydrogens (tertiary/aromatic N) is 2. The van der Waals surface area contributed by atoms with Gasteiger partial charge < -0.3 is 10.1 Å². The molecule has 100 valence electrons. The second kappa shape index (κ2) is 6.78. The van der Waals surface area contributed by atoms with Gasteiger partial charge in [-0.2, -0.15) is 4.98 Å². The molecule has 2 rings (SSSR count). The summed E-state index contributed by atoms with van der Waals surface area (Å²) in [5.74, 6) is 1.52. The van der Waals surface area contributed by atoms with Gasteiger partial charge in [-0.05, 0) is 12.3 Å². The van der Waals surface area contributed by atoms with E-state index in [0.717, 1.165) is 12.5 Å². The van der Waals surface area contributed by atoms with Gasteiger partial charge in [0, 0.05) is 6.54 Å². The fourth-order valence-corrected chi connectivity index (χ4v) is 2.60. The van der Waals surface area contributed by atoms with E-state index in [1.807, 2.05) is 0 Å². The summed E-state index contributed by atoms with van der Waals surface area (Å²) < 4.78 is 4.99. The second-order valence-corrected chi connectivity index (χ2v) is 5.18. The van der Waals surface area contributed by atoms with Crippen molar-refractivity contribution in [3.8, 4) is 6.01 Å². The fraction of sp³-hybridized carbons (Fsp3) is 0.692. The first-order chi connectivity index (χ1) is 8.79. The molecule has 0 amide bonds. The van der Waals surface area contributed by atoms with Crippen LogP contribution in [0.2, 0.25) is 5.02 Å². The Kier molecular flexibility index (Phi) is 5.05. The molecule has 0 spiro atoms. The van der Waals surface area contributed by atoms with Crippen molar-refractivity contribution in [1.29, 1.82) is 0 Å². The van der Waals surface area contributed by atoms with Crippen molar-refractivity contribution in [2.75, 3.05) is 19.0 Å². The van der Waals surface area contributed by atoms with E-state index in [0.29, 0.717) is 16.9 Å². The molecule has 0 bridgehead atoms. The van der Waals surface area contributed by atoms with Crippen molar-refractivity contribution >= 4 is 17.4 Å². The number of rotatable bonds is 5. The van der Waals surface area contributed by atoms with Crippen LogP contribution in [0.4, 0.5) is 5.82 Å². The highest BCUT2D eigenvalue weighted by atomic mass is 35.5. The molecule has 1 saturated carbocycles. The highest BCUT2D eigenvalue weighted by Gasteiger charge is 2.13. The number of hydrogen-bond donors (Lipinski definition) is 1. The normalized spacial score (nSPS) is 16.6. The fourth-order valence-electron chi connectivity index (χ4n) is 2.44. The minimum atomic E-state index is 0.347. The Morgan fingerprint density at radius 2 is 2.17 bits per heavy atom. The van der Waals surface area contributed by atoms with Gasteiger partial charge >= 0.3 is 6.01 Å². The highest BCUT2D eigenvalue weighted by Crippen LogP contribution is 2.26. The molecule has 0 aromatic carbocycles. The topological polar surface area (TPSA) is 47.0 Å². The zero-order valence-corrected chi connectivity index (χ0v) is 11.5. The van der Waals surface area contributed by atoms with Crippen molar-refractivity contribution in [1.82, 2.24) is 9.97 Å². The number of aromatic nitrogens is 2. The summed E-state index contributed by atoms with van der Waals surface area (Å²) in [4.78, 5) is 8.15. The van der Waals surface area contributed by atoms with Crippen LogP contribution in [-0.2, 0) is 0 Å². The molecule has 0 radical (unpaired) electrons. The van der Waals surface area contributed by atoms with E-state index in [-0.39, 0.29) is 0 Å². The second-order valence-electron chi connectivity index (χ2n) is 4.77. The summed E-state index contributed by atoms with van der Waals surface area (Å²) >= 11 is 6.03. The number of ether oxygens (including phenoxy) is 1. The van der Waals surface area contributed by atoms with Gasteiger partial charge in [0.1, 0.15) is 5.02 Å². The van der Waals surface area contributed by atoms with Crippen molar-refractivity contribution in [2.24, 2.45) is 5.92 Å². The van der Waals surface area contributed by atoms with E-state index in [1.165, 1.54) is 38.5 Å². The Morgan fingerprint density at radius 1 is 1.39 bits per heavy atom. The van der Waals surface area contributed by atoms with Crippen molar-refractivity contribution in [3.63, 3.8) is 0 Å². The van der Waals surface area contributed by atoms with Crippen LogP contribution in [0.1, 0.15) is 38.5 Å². The van der Waals surface area contributed by atoms with Gasteiger partial charge in [0.25, 0.3) is 0 Å². The molecule has 0 saturated heterocycles. The SMILES string of the molecule is COc1ncc(Cl)c(NCCC2CCCCC2)n1. The zero-order valence-electron chi connectivity index (χ0n) is 10.8. The molecule has 0 aliphatic heterocycles.